The minimum absolute atomic E-state index is 0.219. The highest BCUT2D eigenvalue weighted by Gasteiger charge is 2.09. The number of hydrogen-bond acceptors (Lipinski definition) is 3. The number of hydrogen-bond donors (Lipinski definition) is 1. The van der Waals surface area contributed by atoms with Gasteiger partial charge in [0.15, 0.2) is 0 Å². The zero-order valence-electron chi connectivity index (χ0n) is 9.37. The lowest BCUT2D eigenvalue weighted by molar-refractivity contribution is 0.0872. The van der Waals surface area contributed by atoms with E-state index in [-0.39, 0.29) is 6.04 Å². The summed E-state index contributed by atoms with van der Waals surface area (Å²) in [6, 6.07) is 0.219. The summed E-state index contributed by atoms with van der Waals surface area (Å²) in [4.78, 5) is 2.49. The van der Waals surface area contributed by atoms with E-state index in [0.29, 0.717) is 6.61 Å². The monoisotopic (exact) mass is 200 g/mol. The van der Waals surface area contributed by atoms with Gasteiger partial charge in [0.2, 0.25) is 0 Å². The molecular weight excluding hydrogens is 176 g/mol. The van der Waals surface area contributed by atoms with Crippen molar-refractivity contribution in [3.8, 4) is 0 Å². The molecule has 0 saturated carbocycles. The highest BCUT2D eigenvalue weighted by Crippen LogP contribution is 2.07. The maximum atomic E-state index is 5.75. The standard InChI is InChI=1S/C11H24N2O/c1-2-11(12)10-14-9-8-13-6-4-3-5-7-13/h11H,2-10,12H2,1H3. The van der Waals surface area contributed by atoms with Crippen LogP contribution >= 0.6 is 0 Å². The minimum Gasteiger partial charge on any atom is -0.379 e. The Hall–Kier alpha value is -0.120. The van der Waals surface area contributed by atoms with Crippen molar-refractivity contribution in [3.05, 3.63) is 0 Å². The number of rotatable bonds is 6. The Balaban J connectivity index is 1.92. The summed E-state index contributed by atoms with van der Waals surface area (Å²) >= 11 is 0. The summed E-state index contributed by atoms with van der Waals surface area (Å²) in [6.07, 6.45) is 5.12. The highest BCUT2D eigenvalue weighted by atomic mass is 16.5. The average Bonchev–Trinajstić information content (AvgIpc) is 2.25. The lowest BCUT2D eigenvalue weighted by atomic mass is 10.1. The molecule has 2 N–H and O–H groups in total. The van der Waals surface area contributed by atoms with Crippen LogP contribution in [-0.4, -0.2) is 43.8 Å². The zero-order valence-corrected chi connectivity index (χ0v) is 9.37. The van der Waals surface area contributed by atoms with Crippen molar-refractivity contribution in [2.24, 2.45) is 5.73 Å². The second-order valence-electron chi connectivity index (χ2n) is 4.15. The lowest BCUT2D eigenvalue weighted by Crippen LogP contribution is -2.34. The minimum atomic E-state index is 0.219. The first kappa shape index (κ1) is 12.0. The second kappa shape index (κ2) is 7.21. The molecule has 1 saturated heterocycles. The third-order valence-electron chi connectivity index (χ3n) is 2.86. The Morgan fingerprint density at radius 3 is 2.64 bits per heavy atom. The number of likely N-dealkylation sites (tertiary alicyclic amines) is 1. The van der Waals surface area contributed by atoms with Crippen LogP contribution < -0.4 is 5.73 Å². The van der Waals surface area contributed by atoms with Gasteiger partial charge in [0.1, 0.15) is 0 Å². The highest BCUT2D eigenvalue weighted by molar-refractivity contribution is 4.64. The van der Waals surface area contributed by atoms with Gasteiger partial charge in [-0.2, -0.15) is 0 Å². The number of nitrogens with zero attached hydrogens (tertiary/aromatic N) is 1. The Bertz CT molecular complexity index is 135. The summed E-state index contributed by atoms with van der Waals surface area (Å²) in [5.74, 6) is 0. The topological polar surface area (TPSA) is 38.5 Å². The van der Waals surface area contributed by atoms with Gasteiger partial charge in [-0.3, -0.25) is 0 Å². The average molecular weight is 200 g/mol. The van der Waals surface area contributed by atoms with Gasteiger partial charge in [-0.15, -0.1) is 0 Å². The molecule has 1 unspecified atom stereocenters. The maximum Gasteiger partial charge on any atom is 0.0618 e. The zero-order chi connectivity index (χ0) is 10.2. The van der Waals surface area contributed by atoms with E-state index >= 15 is 0 Å². The summed E-state index contributed by atoms with van der Waals surface area (Å²) < 4.78 is 5.52. The van der Waals surface area contributed by atoms with Crippen molar-refractivity contribution in [3.63, 3.8) is 0 Å². The molecule has 0 aromatic carbocycles. The van der Waals surface area contributed by atoms with Gasteiger partial charge >= 0.3 is 0 Å². The Morgan fingerprint density at radius 2 is 2.00 bits per heavy atom. The molecule has 1 aliphatic rings. The molecule has 1 heterocycles. The molecular formula is C11H24N2O. The fourth-order valence-electron chi connectivity index (χ4n) is 1.73. The first-order chi connectivity index (χ1) is 6.83. The molecule has 0 aromatic heterocycles. The van der Waals surface area contributed by atoms with Gasteiger partial charge in [0.05, 0.1) is 13.2 Å². The van der Waals surface area contributed by atoms with Gasteiger partial charge in [-0.05, 0) is 32.4 Å². The summed E-state index contributed by atoms with van der Waals surface area (Å²) in [6.45, 7) is 7.24. The molecule has 0 spiro atoms. The fraction of sp³-hybridized carbons (Fsp3) is 1.00. The largest absolute Gasteiger partial charge is 0.379 e. The Morgan fingerprint density at radius 1 is 1.29 bits per heavy atom. The summed E-state index contributed by atoms with van der Waals surface area (Å²) in [7, 11) is 0. The van der Waals surface area contributed by atoms with Crippen molar-refractivity contribution in [2.75, 3.05) is 32.8 Å². The molecule has 0 radical (unpaired) electrons. The molecule has 3 heteroatoms. The molecule has 1 fully saturated rings. The molecule has 1 atom stereocenters. The van der Waals surface area contributed by atoms with Gasteiger partial charge in [0, 0.05) is 12.6 Å². The van der Waals surface area contributed by atoms with E-state index < -0.39 is 0 Å². The normalized spacial score (nSPS) is 21.0. The van der Waals surface area contributed by atoms with Crippen molar-refractivity contribution >= 4 is 0 Å². The van der Waals surface area contributed by atoms with Crippen molar-refractivity contribution in [1.29, 1.82) is 0 Å². The van der Waals surface area contributed by atoms with E-state index in [1.807, 2.05) is 0 Å². The van der Waals surface area contributed by atoms with Crippen LogP contribution in [0.25, 0.3) is 0 Å². The summed E-state index contributed by atoms with van der Waals surface area (Å²) in [5, 5.41) is 0. The maximum absolute atomic E-state index is 5.75. The molecule has 84 valence electrons. The third-order valence-corrected chi connectivity index (χ3v) is 2.86. The van der Waals surface area contributed by atoms with Crippen LogP contribution in [0.1, 0.15) is 32.6 Å². The van der Waals surface area contributed by atoms with E-state index in [4.69, 9.17) is 10.5 Å². The molecule has 0 aromatic rings. The van der Waals surface area contributed by atoms with Crippen molar-refractivity contribution < 1.29 is 4.74 Å². The van der Waals surface area contributed by atoms with Crippen LogP contribution in [0.3, 0.4) is 0 Å². The molecule has 0 bridgehead atoms. The summed E-state index contributed by atoms with van der Waals surface area (Å²) in [5.41, 5.74) is 5.75. The van der Waals surface area contributed by atoms with E-state index in [1.54, 1.807) is 0 Å². The van der Waals surface area contributed by atoms with Crippen LogP contribution in [0.5, 0.6) is 0 Å². The fourth-order valence-corrected chi connectivity index (χ4v) is 1.73. The number of ether oxygens (including phenoxy) is 1. The van der Waals surface area contributed by atoms with E-state index in [2.05, 4.69) is 11.8 Å². The first-order valence-electron chi connectivity index (χ1n) is 5.88. The Labute approximate surface area is 87.6 Å². The predicted molar refractivity (Wildman–Crippen MR) is 59.4 cm³/mol. The van der Waals surface area contributed by atoms with Crippen LogP contribution in [-0.2, 0) is 4.74 Å². The van der Waals surface area contributed by atoms with Gasteiger partial charge < -0.3 is 15.4 Å². The quantitative estimate of drug-likeness (QED) is 0.655. The molecule has 0 amide bonds. The third kappa shape index (κ3) is 4.94. The second-order valence-corrected chi connectivity index (χ2v) is 4.15. The predicted octanol–water partition coefficient (Wildman–Crippen LogP) is 1.23. The lowest BCUT2D eigenvalue weighted by Gasteiger charge is -2.26. The van der Waals surface area contributed by atoms with Gasteiger partial charge in [-0.1, -0.05) is 13.3 Å². The van der Waals surface area contributed by atoms with Crippen molar-refractivity contribution in [2.45, 2.75) is 38.6 Å². The van der Waals surface area contributed by atoms with Crippen LogP contribution in [0, 0.1) is 0 Å². The number of piperidine rings is 1. The first-order valence-corrected chi connectivity index (χ1v) is 5.88. The van der Waals surface area contributed by atoms with Gasteiger partial charge in [-0.25, -0.2) is 0 Å². The molecule has 1 aliphatic heterocycles. The molecule has 1 rings (SSSR count). The number of nitrogens with two attached hydrogens (primary N) is 1. The van der Waals surface area contributed by atoms with Gasteiger partial charge in [0.25, 0.3) is 0 Å². The van der Waals surface area contributed by atoms with Crippen molar-refractivity contribution in [1.82, 2.24) is 4.90 Å². The molecule has 0 aliphatic carbocycles. The molecule has 3 nitrogen and oxygen atoms in total. The van der Waals surface area contributed by atoms with E-state index in [9.17, 15) is 0 Å². The van der Waals surface area contributed by atoms with Crippen LogP contribution in [0.15, 0.2) is 0 Å². The van der Waals surface area contributed by atoms with E-state index in [1.165, 1.54) is 32.4 Å². The van der Waals surface area contributed by atoms with E-state index in [0.717, 1.165) is 19.6 Å². The molecule has 14 heavy (non-hydrogen) atoms. The Kier molecular flexibility index (Phi) is 6.15. The van der Waals surface area contributed by atoms with Crippen LogP contribution in [0.4, 0.5) is 0 Å². The SMILES string of the molecule is CCC(N)COCCN1CCCCC1. The van der Waals surface area contributed by atoms with Crippen LogP contribution in [0.2, 0.25) is 0 Å². The smallest absolute Gasteiger partial charge is 0.0618 e.